The van der Waals surface area contributed by atoms with Crippen LogP contribution in [0.5, 0.6) is 0 Å². The molecule has 0 radical (unpaired) electrons. The fraction of sp³-hybridized carbons (Fsp3) is 0.333. The highest BCUT2D eigenvalue weighted by atomic mass is 16.7. The molecule has 13 heavy (non-hydrogen) atoms. The Labute approximate surface area is 71.6 Å². The second-order valence-electron chi connectivity index (χ2n) is 2.73. The second kappa shape index (κ2) is 2.13. The molecule has 0 bridgehead atoms. The maximum absolute atomic E-state index is 10.5. The number of fused-ring (bicyclic) bond motifs is 1. The maximum Gasteiger partial charge on any atom is 0.382 e. The van der Waals surface area contributed by atoms with Crippen molar-refractivity contribution in [2.24, 2.45) is 0 Å². The lowest BCUT2D eigenvalue weighted by atomic mass is 10.1. The quantitative estimate of drug-likeness (QED) is 0.344. The lowest BCUT2D eigenvalue weighted by molar-refractivity contribution is -0.550. The smallest absolute Gasteiger partial charge is 0.290 e. The number of rotatable bonds is 2. The highest BCUT2D eigenvalue weighted by Gasteiger charge is 2.69. The number of hydrogen-bond donors (Lipinski definition) is 0. The maximum atomic E-state index is 10.5. The van der Waals surface area contributed by atoms with Crippen molar-refractivity contribution >= 4 is 0 Å². The van der Waals surface area contributed by atoms with Gasteiger partial charge in [0.1, 0.15) is 6.08 Å². The Morgan fingerprint density at radius 2 is 2.15 bits per heavy atom. The first-order valence-corrected chi connectivity index (χ1v) is 3.44. The van der Waals surface area contributed by atoms with Crippen LogP contribution < -0.4 is 0 Å². The Bertz CT molecular complexity index is 360. The molecule has 0 aromatic heterocycles. The average Bonchev–Trinajstić information content (AvgIpc) is 2.77. The molecule has 1 aliphatic carbocycles. The summed E-state index contributed by atoms with van der Waals surface area (Å²) in [5.74, 6) is 0. The summed E-state index contributed by atoms with van der Waals surface area (Å²) in [6.07, 6.45) is 2.81. The molecule has 2 unspecified atom stereocenters. The van der Waals surface area contributed by atoms with Crippen LogP contribution in [0, 0.1) is 20.2 Å². The minimum Gasteiger partial charge on any atom is -0.290 e. The summed E-state index contributed by atoms with van der Waals surface area (Å²) in [5.41, 5.74) is -1.97. The highest BCUT2D eigenvalue weighted by Crippen LogP contribution is 2.42. The van der Waals surface area contributed by atoms with E-state index in [9.17, 15) is 20.2 Å². The van der Waals surface area contributed by atoms with E-state index in [0.29, 0.717) is 0 Å². The van der Waals surface area contributed by atoms with Gasteiger partial charge in [-0.25, -0.2) is 0 Å². The van der Waals surface area contributed by atoms with Crippen LogP contribution in [0.15, 0.2) is 23.9 Å². The molecule has 0 N–H and O–H groups in total. The SMILES string of the molecule is O=[N+]([O-])C1=CC2([N+](=O)[O-])OC2C=C1. The summed E-state index contributed by atoms with van der Waals surface area (Å²) < 4.78 is 4.74. The normalized spacial score (nSPS) is 34.8. The monoisotopic (exact) mass is 184 g/mol. The third kappa shape index (κ3) is 0.937. The molecule has 0 spiro atoms. The molecule has 1 aliphatic heterocycles. The van der Waals surface area contributed by atoms with Gasteiger partial charge in [-0.3, -0.25) is 25.0 Å². The third-order valence-electron chi connectivity index (χ3n) is 1.96. The van der Waals surface area contributed by atoms with E-state index < -0.39 is 21.7 Å². The molecule has 0 aromatic carbocycles. The van der Waals surface area contributed by atoms with Crippen molar-refractivity contribution in [3.63, 3.8) is 0 Å². The summed E-state index contributed by atoms with van der Waals surface area (Å²) in [4.78, 5) is 19.4. The topological polar surface area (TPSA) is 98.8 Å². The van der Waals surface area contributed by atoms with Gasteiger partial charge in [-0.15, -0.1) is 0 Å². The Morgan fingerprint density at radius 1 is 1.46 bits per heavy atom. The van der Waals surface area contributed by atoms with Crippen molar-refractivity contribution in [1.82, 2.24) is 0 Å². The molecule has 1 heterocycles. The van der Waals surface area contributed by atoms with E-state index in [4.69, 9.17) is 4.74 Å². The summed E-state index contributed by atoms with van der Waals surface area (Å²) >= 11 is 0. The van der Waals surface area contributed by atoms with Crippen LogP contribution in [-0.2, 0) is 4.74 Å². The number of ether oxygens (including phenoxy) is 1. The van der Waals surface area contributed by atoms with Crippen LogP contribution in [0.4, 0.5) is 0 Å². The predicted molar refractivity (Wildman–Crippen MR) is 38.8 cm³/mol. The first kappa shape index (κ1) is 7.87. The first-order valence-electron chi connectivity index (χ1n) is 3.44. The van der Waals surface area contributed by atoms with E-state index in [-0.39, 0.29) is 5.70 Å². The van der Waals surface area contributed by atoms with Gasteiger partial charge in [-0.2, -0.15) is 0 Å². The minimum atomic E-state index is -1.67. The van der Waals surface area contributed by atoms with Crippen LogP contribution >= 0.6 is 0 Å². The summed E-state index contributed by atoms with van der Waals surface area (Å²) in [6, 6.07) is 0. The molecule has 0 saturated carbocycles. The first-order chi connectivity index (χ1) is 6.06. The Kier molecular flexibility index (Phi) is 1.29. The van der Waals surface area contributed by atoms with E-state index >= 15 is 0 Å². The van der Waals surface area contributed by atoms with Crippen LogP contribution in [0.25, 0.3) is 0 Å². The highest BCUT2D eigenvalue weighted by molar-refractivity contribution is 5.30. The molecule has 7 heteroatoms. The molecule has 1 saturated heterocycles. The van der Waals surface area contributed by atoms with Crippen LogP contribution in [0.1, 0.15) is 0 Å². The summed E-state index contributed by atoms with van der Waals surface area (Å²) in [5, 5.41) is 20.8. The standard InChI is InChI=1S/C6H4N2O5/c9-7(10)4-1-2-5-6(3-4,13-5)8(11)12/h1-3,5H. The van der Waals surface area contributed by atoms with E-state index in [2.05, 4.69) is 0 Å². The molecule has 2 rings (SSSR count). The van der Waals surface area contributed by atoms with Crippen molar-refractivity contribution in [2.75, 3.05) is 0 Å². The van der Waals surface area contributed by atoms with Crippen molar-refractivity contribution < 1.29 is 14.6 Å². The number of allylic oxidation sites excluding steroid dienone is 1. The van der Waals surface area contributed by atoms with E-state index in [1.165, 1.54) is 12.2 Å². The van der Waals surface area contributed by atoms with Crippen molar-refractivity contribution in [2.45, 2.75) is 11.8 Å². The lowest BCUT2D eigenvalue weighted by Crippen LogP contribution is -2.26. The average molecular weight is 184 g/mol. The number of nitrogens with zero attached hydrogens (tertiary/aromatic N) is 2. The van der Waals surface area contributed by atoms with Crippen molar-refractivity contribution in [3.8, 4) is 0 Å². The molecular weight excluding hydrogens is 180 g/mol. The van der Waals surface area contributed by atoms with Gasteiger partial charge in [0.05, 0.1) is 9.85 Å². The van der Waals surface area contributed by atoms with Gasteiger partial charge in [-0.05, 0) is 6.08 Å². The fourth-order valence-corrected chi connectivity index (χ4v) is 1.22. The molecule has 1 fully saturated rings. The molecule has 2 aliphatic rings. The van der Waals surface area contributed by atoms with Gasteiger partial charge < -0.3 is 0 Å². The van der Waals surface area contributed by atoms with E-state index in [1.807, 2.05) is 0 Å². The zero-order valence-electron chi connectivity index (χ0n) is 6.25. The van der Waals surface area contributed by atoms with E-state index in [0.717, 1.165) is 6.08 Å². The van der Waals surface area contributed by atoms with Gasteiger partial charge in [0, 0.05) is 6.08 Å². The number of epoxide rings is 1. The second-order valence-corrected chi connectivity index (χ2v) is 2.73. The Hall–Kier alpha value is -1.76. The van der Waals surface area contributed by atoms with Gasteiger partial charge >= 0.3 is 5.72 Å². The van der Waals surface area contributed by atoms with Gasteiger partial charge in [0.2, 0.25) is 0 Å². The summed E-state index contributed by atoms with van der Waals surface area (Å²) in [6.45, 7) is 0. The number of hydrogen-bond acceptors (Lipinski definition) is 5. The van der Waals surface area contributed by atoms with Gasteiger partial charge in [-0.1, -0.05) is 0 Å². The van der Waals surface area contributed by atoms with Crippen LogP contribution in [0.3, 0.4) is 0 Å². The van der Waals surface area contributed by atoms with Crippen LogP contribution in [-0.4, -0.2) is 21.7 Å². The molecule has 0 amide bonds. The molecule has 2 atom stereocenters. The van der Waals surface area contributed by atoms with Gasteiger partial charge in [0.25, 0.3) is 5.70 Å². The largest absolute Gasteiger partial charge is 0.382 e. The third-order valence-corrected chi connectivity index (χ3v) is 1.96. The lowest BCUT2D eigenvalue weighted by Gasteiger charge is -1.99. The fourth-order valence-electron chi connectivity index (χ4n) is 1.22. The Morgan fingerprint density at radius 3 is 2.69 bits per heavy atom. The predicted octanol–water partition coefficient (Wildman–Crippen LogP) is 0.0886. The molecule has 0 aromatic rings. The molecule has 7 nitrogen and oxygen atoms in total. The minimum absolute atomic E-state index is 0.301. The van der Waals surface area contributed by atoms with E-state index in [1.54, 1.807) is 0 Å². The summed E-state index contributed by atoms with van der Waals surface area (Å²) in [7, 11) is 0. The van der Waals surface area contributed by atoms with Crippen LogP contribution in [0.2, 0.25) is 0 Å². The van der Waals surface area contributed by atoms with Crippen molar-refractivity contribution in [1.29, 1.82) is 0 Å². The zero-order chi connectivity index (χ0) is 9.64. The number of nitro groups is 2. The Balaban J connectivity index is 2.36. The van der Waals surface area contributed by atoms with Gasteiger partial charge in [0.15, 0.2) is 6.10 Å². The molecule has 68 valence electrons. The zero-order valence-corrected chi connectivity index (χ0v) is 6.25. The molecular formula is C6H4N2O5. The van der Waals surface area contributed by atoms with Crippen molar-refractivity contribution in [3.05, 3.63) is 44.2 Å².